The Balaban J connectivity index is 1.83. The lowest BCUT2D eigenvalue weighted by Gasteiger charge is -2.39. The fourth-order valence-corrected chi connectivity index (χ4v) is 3.37. The second kappa shape index (κ2) is 8.25. The van der Waals surface area contributed by atoms with Gasteiger partial charge in [-0.15, -0.1) is 0 Å². The van der Waals surface area contributed by atoms with Gasteiger partial charge in [-0.25, -0.2) is 0 Å². The molecule has 1 aliphatic heterocycles. The fraction of sp³-hybridized carbons (Fsp3) is 0.333. The lowest BCUT2D eigenvalue weighted by Crippen LogP contribution is -2.46. The maximum atomic E-state index is 9.12. The number of nitrogens with zero attached hydrogens (tertiary/aromatic N) is 1. The largest absolute Gasteiger partial charge is 0.489 e. The Morgan fingerprint density at radius 1 is 1.24 bits per heavy atom. The number of rotatable bonds is 5. The highest BCUT2D eigenvalue weighted by Crippen LogP contribution is 2.36. The molecule has 2 aromatic rings. The van der Waals surface area contributed by atoms with Crippen LogP contribution in [0.15, 0.2) is 42.5 Å². The molecule has 1 saturated heterocycles. The van der Waals surface area contributed by atoms with Crippen LogP contribution in [0.5, 0.6) is 5.75 Å². The monoisotopic (exact) mass is 381 g/mol. The number of hydrogen-bond acceptors (Lipinski definition) is 5. The van der Waals surface area contributed by atoms with Crippen molar-refractivity contribution in [2.45, 2.75) is 12.3 Å². The van der Waals surface area contributed by atoms with Crippen LogP contribution in [0.4, 0.5) is 5.69 Å². The van der Waals surface area contributed by atoms with Crippen LogP contribution in [-0.4, -0.2) is 37.6 Å². The normalized spacial score (nSPS) is 18.9. The summed E-state index contributed by atoms with van der Waals surface area (Å²) in [6, 6.07) is 13.6. The van der Waals surface area contributed by atoms with Gasteiger partial charge in [0.1, 0.15) is 18.6 Å². The number of aliphatic hydroxyl groups is 1. The Kier molecular flexibility index (Phi) is 6.04. The van der Waals surface area contributed by atoms with Gasteiger partial charge in [-0.2, -0.15) is 0 Å². The molecule has 0 radical (unpaired) electrons. The molecule has 1 fully saturated rings. The third kappa shape index (κ3) is 4.57. The third-order valence-electron chi connectivity index (χ3n) is 4.15. The Bertz CT molecular complexity index is 710. The number of halogens is 2. The van der Waals surface area contributed by atoms with Crippen molar-refractivity contribution in [2.75, 3.05) is 31.1 Å². The number of hydrogen-bond donors (Lipinski definition) is 3. The van der Waals surface area contributed by atoms with Crippen molar-refractivity contribution in [1.29, 1.82) is 0 Å². The van der Waals surface area contributed by atoms with Crippen molar-refractivity contribution in [1.82, 2.24) is 5.32 Å². The number of anilines is 1. The Labute approximate surface area is 157 Å². The van der Waals surface area contributed by atoms with Gasteiger partial charge in [0, 0.05) is 30.7 Å². The van der Waals surface area contributed by atoms with Gasteiger partial charge in [-0.05, 0) is 29.8 Å². The number of piperazine rings is 1. The van der Waals surface area contributed by atoms with E-state index < -0.39 is 6.23 Å². The summed E-state index contributed by atoms with van der Waals surface area (Å²) >= 11 is 12.5. The standard InChI is InChI=1S/C18H21Cl2N3O2/c19-13-3-1-12(2-4-13)17-10-22-7-8-23(17)16-6-5-14(9-15(16)20)25-11-18(21)24/h1-6,9,17-18,22,24H,7-8,10-11,21H2/t17-,18-/m0/s1. The van der Waals surface area contributed by atoms with Crippen LogP contribution in [0.1, 0.15) is 11.6 Å². The van der Waals surface area contributed by atoms with Crippen LogP contribution in [-0.2, 0) is 0 Å². The van der Waals surface area contributed by atoms with Crippen molar-refractivity contribution in [3.8, 4) is 5.75 Å². The molecule has 0 amide bonds. The molecule has 25 heavy (non-hydrogen) atoms. The van der Waals surface area contributed by atoms with Crippen LogP contribution in [0.2, 0.25) is 10.0 Å². The van der Waals surface area contributed by atoms with E-state index in [2.05, 4.69) is 10.2 Å². The van der Waals surface area contributed by atoms with Crippen molar-refractivity contribution >= 4 is 28.9 Å². The van der Waals surface area contributed by atoms with E-state index in [4.69, 9.17) is 38.8 Å². The number of ether oxygens (including phenoxy) is 1. The van der Waals surface area contributed by atoms with Crippen LogP contribution < -0.4 is 20.7 Å². The van der Waals surface area contributed by atoms with Gasteiger partial charge in [-0.1, -0.05) is 35.3 Å². The highest BCUT2D eigenvalue weighted by molar-refractivity contribution is 6.33. The molecule has 3 rings (SSSR count). The molecule has 2 atom stereocenters. The third-order valence-corrected chi connectivity index (χ3v) is 4.70. The van der Waals surface area contributed by atoms with Crippen molar-refractivity contribution in [3.63, 3.8) is 0 Å². The van der Waals surface area contributed by atoms with E-state index in [-0.39, 0.29) is 12.6 Å². The van der Waals surface area contributed by atoms with Gasteiger partial charge in [0.2, 0.25) is 0 Å². The molecular formula is C18H21Cl2N3O2. The Morgan fingerprint density at radius 3 is 2.68 bits per heavy atom. The summed E-state index contributed by atoms with van der Waals surface area (Å²) in [4.78, 5) is 2.28. The molecule has 0 unspecified atom stereocenters. The summed E-state index contributed by atoms with van der Waals surface area (Å²) < 4.78 is 5.41. The summed E-state index contributed by atoms with van der Waals surface area (Å²) in [6.07, 6.45) is -1.01. The highest BCUT2D eigenvalue weighted by atomic mass is 35.5. The summed E-state index contributed by atoms with van der Waals surface area (Å²) in [5.41, 5.74) is 7.42. The molecular weight excluding hydrogens is 361 g/mol. The molecule has 0 aliphatic carbocycles. The second-order valence-electron chi connectivity index (χ2n) is 5.96. The first-order chi connectivity index (χ1) is 12.0. The van der Waals surface area contributed by atoms with Gasteiger partial charge < -0.3 is 25.8 Å². The van der Waals surface area contributed by atoms with Crippen molar-refractivity contribution in [2.24, 2.45) is 5.73 Å². The number of benzene rings is 2. The van der Waals surface area contributed by atoms with Crippen molar-refractivity contribution in [3.05, 3.63) is 58.1 Å². The summed E-state index contributed by atoms with van der Waals surface area (Å²) in [5.74, 6) is 0.580. The first kappa shape index (κ1) is 18.3. The van der Waals surface area contributed by atoms with Crippen molar-refractivity contribution < 1.29 is 9.84 Å². The molecule has 1 aliphatic rings. The zero-order valence-electron chi connectivity index (χ0n) is 13.7. The topological polar surface area (TPSA) is 70.8 Å². The minimum Gasteiger partial charge on any atom is -0.489 e. The number of aliphatic hydroxyl groups excluding tert-OH is 1. The predicted molar refractivity (Wildman–Crippen MR) is 102 cm³/mol. The molecule has 2 aromatic carbocycles. The number of nitrogens with one attached hydrogen (secondary N) is 1. The van der Waals surface area contributed by atoms with E-state index in [1.807, 2.05) is 36.4 Å². The molecule has 7 heteroatoms. The minimum absolute atomic E-state index is 0.0245. The maximum absolute atomic E-state index is 9.12. The molecule has 1 heterocycles. The molecule has 0 aromatic heterocycles. The van der Waals surface area contributed by atoms with Gasteiger partial charge in [-0.3, -0.25) is 0 Å². The molecule has 134 valence electrons. The van der Waals surface area contributed by atoms with Gasteiger partial charge in [0.05, 0.1) is 16.8 Å². The molecule has 0 saturated carbocycles. The average Bonchev–Trinajstić information content (AvgIpc) is 2.61. The molecule has 0 spiro atoms. The molecule has 0 bridgehead atoms. The average molecular weight is 382 g/mol. The Morgan fingerprint density at radius 2 is 2.00 bits per heavy atom. The summed E-state index contributed by atoms with van der Waals surface area (Å²) in [5, 5.41) is 13.9. The zero-order valence-corrected chi connectivity index (χ0v) is 15.2. The quantitative estimate of drug-likeness (QED) is 0.694. The second-order valence-corrected chi connectivity index (χ2v) is 6.80. The maximum Gasteiger partial charge on any atom is 0.136 e. The molecule has 4 N–H and O–H groups in total. The van der Waals surface area contributed by atoms with E-state index in [0.29, 0.717) is 10.8 Å². The first-order valence-electron chi connectivity index (χ1n) is 8.13. The smallest absolute Gasteiger partial charge is 0.136 e. The van der Waals surface area contributed by atoms with Crippen LogP contribution in [0.25, 0.3) is 0 Å². The summed E-state index contributed by atoms with van der Waals surface area (Å²) in [6.45, 7) is 2.58. The molecule has 5 nitrogen and oxygen atoms in total. The number of nitrogens with two attached hydrogens (primary N) is 1. The van der Waals surface area contributed by atoms with Crippen LogP contribution in [0.3, 0.4) is 0 Å². The highest BCUT2D eigenvalue weighted by Gasteiger charge is 2.25. The van der Waals surface area contributed by atoms with Gasteiger partial charge in [0.25, 0.3) is 0 Å². The van der Waals surface area contributed by atoms with E-state index in [9.17, 15) is 0 Å². The van der Waals surface area contributed by atoms with Gasteiger partial charge in [0.15, 0.2) is 0 Å². The predicted octanol–water partition coefficient (Wildman–Crippen LogP) is 2.80. The van der Waals surface area contributed by atoms with Crippen LogP contribution >= 0.6 is 23.2 Å². The van der Waals surface area contributed by atoms with E-state index >= 15 is 0 Å². The minimum atomic E-state index is -1.01. The summed E-state index contributed by atoms with van der Waals surface area (Å²) in [7, 11) is 0. The fourth-order valence-electron chi connectivity index (χ4n) is 2.97. The lowest BCUT2D eigenvalue weighted by molar-refractivity contribution is 0.113. The first-order valence-corrected chi connectivity index (χ1v) is 8.89. The van der Waals surface area contributed by atoms with E-state index in [0.717, 1.165) is 30.3 Å². The van der Waals surface area contributed by atoms with Gasteiger partial charge >= 0.3 is 0 Å². The Hall–Kier alpha value is -1.50. The lowest BCUT2D eigenvalue weighted by atomic mass is 10.0. The van der Waals surface area contributed by atoms with E-state index in [1.54, 1.807) is 6.07 Å². The zero-order chi connectivity index (χ0) is 17.8. The SMILES string of the molecule is N[C@@H](O)COc1ccc(N2CCNC[C@H]2c2ccc(Cl)cc2)c(Cl)c1. The van der Waals surface area contributed by atoms with Crippen LogP contribution in [0, 0.1) is 0 Å². The van der Waals surface area contributed by atoms with E-state index in [1.165, 1.54) is 5.56 Å².